The molecule has 0 spiro atoms. The van der Waals surface area contributed by atoms with Crippen LogP contribution in [0.3, 0.4) is 0 Å². The Kier molecular flexibility index (Phi) is 3.90. The van der Waals surface area contributed by atoms with Crippen LogP contribution in [0.2, 0.25) is 0 Å². The number of hydrogen-bond acceptors (Lipinski definition) is 4. The lowest BCUT2D eigenvalue weighted by Gasteiger charge is -2.16. The fraction of sp³-hybridized carbons (Fsp3) is 0.583. The molecule has 0 aliphatic carbocycles. The Labute approximate surface area is 100 Å². The number of nitrogens with zero attached hydrogens (tertiary/aromatic N) is 3. The summed E-state index contributed by atoms with van der Waals surface area (Å²) in [4.78, 5) is 21.1. The van der Waals surface area contributed by atoms with Crippen molar-refractivity contribution in [3.05, 3.63) is 18.1 Å². The number of aryl methyl sites for hydroxylation is 1. The highest BCUT2D eigenvalue weighted by Gasteiger charge is 2.13. The van der Waals surface area contributed by atoms with Crippen LogP contribution in [0, 0.1) is 0 Å². The molecular weight excluding hydrogens is 218 g/mol. The summed E-state index contributed by atoms with van der Waals surface area (Å²) in [6.07, 6.45) is 5.55. The molecule has 17 heavy (non-hydrogen) atoms. The van der Waals surface area contributed by atoms with Gasteiger partial charge in [-0.05, 0) is 25.7 Å². The van der Waals surface area contributed by atoms with E-state index in [0.717, 1.165) is 24.6 Å². The van der Waals surface area contributed by atoms with Crippen molar-refractivity contribution in [2.24, 2.45) is 0 Å². The number of rotatable bonds is 5. The molecule has 92 valence electrons. The number of anilines is 1. The second-order valence-electron chi connectivity index (χ2n) is 4.31. The standard InChI is InChI=1S/C12H17N3O2/c16-12(17)5-3-4-10-8-11(14-9-13-10)15-6-1-2-7-15/h8-9H,1-7H2,(H,16,17). The van der Waals surface area contributed by atoms with Gasteiger partial charge in [0.05, 0.1) is 0 Å². The van der Waals surface area contributed by atoms with Crippen molar-refractivity contribution in [3.63, 3.8) is 0 Å². The second-order valence-corrected chi connectivity index (χ2v) is 4.31. The normalized spacial score (nSPS) is 15.2. The first-order valence-electron chi connectivity index (χ1n) is 6.03. The van der Waals surface area contributed by atoms with Gasteiger partial charge in [-0.25, -0.2) is 9.97 Å². The van der Waals surface area contributed by atoms with E-state index in [4.69, 9.17) is 5.11 Å². The van der Waals surface area contributed by atoms with Gasteiger partial charge in [0.25, 0.3) is 0 Å². The molecule has 2 heterocycles. The highest BCUT2D eigenvalue weighted by atomic mass is 16.4. The third-order valence-electron chi connectivity index (χ3n) is 2.96. The third-order valence-corrected chi connectivity index (χ3v) is 2.96. The van der Waals surface area contributed by atoms with E-state index < -0.39 is 5.97 Å². The molecule has 0 atom stereocenters. The van der Waals surface area contributed by atoms with Crippen molar-refractivity contribution in [3.8, 4) is 0 Å². The number of carboxylic acids is 1. The van der Waals surface area contributed by atoms with E-state index in [-0.39, 0.29) is 6.42 Å². The van der Waals surface area contributed by atoms with Gasteiger partial charge >= 0.3 is 5.97 Å². The maximum atomic E-state index is 10.4. The molecule has 2 rings (SSSR count). The van der Waals surface area contributed by atoms with Gasteiger partial charge in [0.2, 0.25) is 0 Å². The molecule has 0 saturated carbocycles. The lowest BCUT2D eigenvalue weighted by molar-refractivity contribution is -0.137. The Morgan fingerprint density at radius 2 is 2.12 bits per heavy atom. The molecule has 1 N–H and O–H groups in total. The molecule has 5 nitrogen and oxygen atoms in total. The van der Waals surface area contributed by atoms with Gasteiger partial charge in [-0.15, -0.1) is 0 Å². The highest BCUT2D eigenvalue weighted by molar-refractivity contribution is 5.66. The zero-order chi connectivity index (χ0) is 12.1. The molecule has 1 aromatic rings. The van der Waals surface area contributed by atoms with Gasteiger partial charge in [-0.1, -0.05) is 0 Å². The number of aliphatic carboxylic acids is 1. The predicted octanol–water partition coefficient (Wildman–Crippen LogP) is 1.48. The van der Waals surface area contributed by atoms with E-state index in [1.165, 1.54) is 12.8 Å². The van der Waals surface area contributed by atoms with E-state index in [1.807, 2.05) is 6.07 Å². The van der Waals surface area contributed by atoms with Crippen LogP contribution < -0.4 is 4.90 Å². The smallest absolute Gasteiger partial charge is 0.303 e. The summed E-state index contributed by atoms with van der Waals surface area (Å²) in [6, 6.07) is 1.98. The summed E-state index contributed by atoms with van der Waals surface area (Å²) >= 11 is 0. The summed E-state index contributed by atoms with van der Waals surface area (Å²) in [6.45, 7) is 2.12. The van der Waals surface area contributed by atoms with Gasteiger partial charge < -0.3 is 10.0 Å². The van der Waals surface area contributed by atoms with E-state index in [9.17, 15) is 4.79 Å². The van der Waals surface area contributed by atoms with Crippen molar-refractivity contribution in [1.82, 2.24) is 9.97 Å². The first-order chi connectivity index (χ1) is 8.25. The molecule has 0 unspecified atom stereocenters. The summed E-state index contributed by atoms with van der Waals surface area (Å²) in [5, 5.41) is 8.58. The molecular formula is C12H17N3O2. The molecule has 0 bridgehead atoms. The van der Waals surface area contributed by atoms with Crippen molar-refractivity contribution in [1.29, 1.82) is 0 Å². The van der Waals surface area contributed by atoms with Crippen LogP contribution in [0.15, 0.2) is 12.4 Å². The van der Waals surface area contributed by atoms with E-state index in [1.54, 1.807) is 6.33 Å². The molecule has 0 radical (unpaired) electrons. The first-order valence-corrected chi connectivity index (χ1v) is 6.03. The highest BCUT2D eigenvalue weighted by Crippen LogP contribution is 2.18. The van der Waals surface area contributed by atoms with Crippen LogP contribution in [0.5, 0.6) is 0 Å². The third kappa shape index (κ3) is 3.41. The largest absolute Gasteiger partial charge is 0.481 e. The average Bonchev–Trinajstić information content (AvgIpc) is 2.82. The Bertz CT molecular complexity index is 389. The molecule has 1 aliphatic rings. The molecule has 1 aliphatic heterocycles. The molecule has 1 saturated heterocycles. The van der Waals surface area contributed by atoms with Crippen molar-refractivity contribution < 1.29 is 9.90 Å². The molecule has 1 aromatic heterocycles. The monoisotopic (exact) mass is 235 g/mol. The average molecular weight is 235 g/mol. The van der Waals surface area contributed by atoms with E-state index in [0.29, 0.717) is 12.8 Å². The summed E-state index contributed by atoms with van der Waals surface area (Å²) in [7, 11) is 0. The number of hydrogen-bond donors (Lipinski definition) is 1. The fourth-order valence-electron chi connectivity index (χ4n) is 2.06. The van der Waals surface area contributed by atoms with Crippen LogP contribution in [-0.4, -0.2) is 34.1 Å². The zero-order valence-corrected chi connectivity index (χ0v) is 9.80. The quantitative estimate of drug-likeness (QED) is 0.837. The Balaban J connectivity index is 1.93. The van der Waals surface area contributed by atoms with Gasteiger partial charge in [0, 0.05) is 31.3 Å². The first kappa shape index (κ1) is 11.8. The zero-order valence-electron chi connectivity index (χ0n) is 9.80. The fourth-order valence-corrected chi connectivity index (χ4v) is 2.06. The van der Waals surface area contributed by atoms with Gasteiger partial charge in [-0.2, -0.15) is 0 Å². The summed E-state index contributed by atoms with van der Waals surface area (Å²) in [5.41, 5.74) is 0.933. The van der Waals surface area contributed by atoms with Crippen LogP contribution in [0.1, 0.15) is 31.4 Å². The second kappa shape index (κ2) is 5.61. The van der Waals surface area contributed by atoms with E-state index >= 15 is 0 Å². The summed E-state index contributed by atoms with van der Waals surface area (Å²) in [5.74, 6) is 0.224. The summed E-state index contributed by atoms with van der Waals surface area (Å²) < 4.78 is 0. The SMILES string of the molecule is O=C(O)CCCc1cc(N2CCCC2)ncn1. The Morgan fingerprint density at radius 1 is 1.35 bits per heavy atom. The van der Waals surface area contributed by atoms with Crippen LogP contribution in [0.25, 0.3) is 0 Å². The van der Waals surface area contributed by atoms with Gasteiger partial charge in [-0.3, -0.25) is 4.79 Å². The van der Waals surface area contributed by atoms with Crippen molar-refractivity contribution >= 4 is 11.8 Å². The maximum absolute atomic E-state index is 10.4. The molecule has 0 amide bonds. The Hall–Kier alpha value is -1.65. The minimum atomic E-state index is -0.751. The van der Waals surface area contributed by atoms with Gasteiger partial charge in [0.15, 0.2) is 0 Å². The molecule has 0 aromatic carbocycles. The van der Waals surface area contributed by atoms with Crippen molar-refractivity contribution in [2.45, 2.75) is 32.1 Å². The lowest BCUT2D eigenvalue weighted by atomic mass is 10.2. The number of carbonyl (C=O) groups is 1. The topological polar surface area (TPSA) is 66.3 Å². The lowest BCUT2D eigenvalue weighted by Crippen LogP contribution is -2.19. The van der Waals surface area contributed by atoms with Crippen LogP contribution >= 0.6 is 0 Å². The van der Waals surface area contributed by atoms with Crippen LogP contribution in [-0.2, 0) is 11.2 Å². The number of aromatic nitrogens is 2. The minimum absolute atomic E-state index is 0.197. The molecule has 1 fully saturated rings. The maximum Gasteiger partial charge on any atom is 0.303 e. The van der Waals surface area contributed by atoms with E-state index in [2.05, 4.69) is 14.9 Å². The van der Waals surface area contributed by atoms with Gasteiger partial charge in [0.1, 0.15) is 12.1 Å². The van der Waals surface area contributed by atoms with Crippen molar-refractivity contribution in [2.75, 3.05) is 18.0 Å². The predicted molar refractivity (Wildman–Crippen MR) is 64.1 cm³/mol. The van der Waals surface area contributed by atoms with Crippen LogP contribution in [0.4, 0.5) is 5.82 Å². The number of carboxylic acid groups (broad SMARTS) is 1. The Morgan fingerprint density at radius 3 is 2.82 bits per heavy atom. The minimum Gasteiger partial charge on any atom is -0.481 e. The molecule has 5 heteroatoms.